The Morgan fingerprint density at radius 2 is 1.89 bits per heavy atom. The zero-order valence-corrected chi connectivity index (χ0v) is 16.3. The van der Waals surface area contributed by atoms with Gasteiger partial charge in [0.2, 0.25) is 0 Å². The van der Waals surface area contributed by atoms with Gasteiger partial charge in [-0.3, -0.25) is 9.69 Å². The van der Waals surface area contributed by atoms with Crippen molar-refractivity contribution in [2.75, 3.05) is 39.5 Å². The van der Waals surface area contributed by atoms with Crippen molar-refractivity contribution in [3.8, 4) is 5.75 Å². The van der Waals surface area contributed by atoms with E-state index in [1.807, 2.05) is 24.3 Å². The van der Waals surface area contributed by atoms with E-state index in [4.69, 9.17) is 32.7 Å². The predicted molar refractivity (Wildman–Crippen MR) is 105 cm³/mol. The molecule has 1 aromatic carbocycles. The topological polar surface area (TPSA) is 63.7 Å². The maximum absolute atomic E-state index is 12.3. The Bertz CT molecular complexity index is 762. The number of morpholine rings is 1. The Morgan fingerprint density at radius 1 is 1.19 bits per heavy atom. The Hall–Kier alpha value is -1.86. The van der Waals surface area contributed by atoms with Crippen molar-refractivity contribution in [1.29, 1.82) is 0 Å². The fourth-order valence-corrected chi connectivity index (χ4v) is 3.23. The van der Waals surface area contributed by atoms with Gasteiger partial charge in [-0.25, -0.2) is 4.98 Å². The first kappa shape index (κ1) is 19.9. The number of nitrogens with one attached hydrogen (secondary N) is 1. The van der Waals surface area contributed by atoms with E-state index in [9.17, 15) is 4.79 Å². The molecule has 6 nitrogen and oxygen atoms in total. The van der Waals surface area contributed by atoms with Gasteiger partial charge in [0.25, 0.3) is 5.91 Å². The van der Waals surface area contributed by atoms with E-state index in [-0.39, 0.29) is 16.2 Å². The number of ether oxygens (including phenoxy) is 2. The van der Waals surface area contributed by atoms with Crippen molar-refractivity contribution >= 4 is 29.1 Å². The minimum absolute atomic E-state index is 0.180. The average molecular weight is 410 g/mol. The molecule has 1 amide bonds. The Kier molecular flexibility index (Phi) is 7.29. The molecule has 144 valence electrons. The van der Waals surface area contributed by atoms with Crippen LogP contribution in [0.3, 0.4) is 0 Å². The molecule has 27 heavy (non-hydrogen) atoms. The van der Waals surface area contributed by atoms with Gasteiger partial charge < -0.3 is 14.8 Å². The van der Waals surface area contributed by atoms with Gasteiger partial charge >= 0.3 is 0 Å². The van der Waals surface area contributed by atoms with E-state index in [0.717, 1.165) is 44.2 Å². The number of amides is 1. The summed E-state index contributed by atoms with van der Waals surface area (Å²) in [4.78, 5) is 18.5. The number of hydrogen-bond donors (Lipinski definition) is 1. The predicted octanol–water partition coefficient (Wildman–Crippen LogP) is 3.03. The third kappa shape index (κ3) is 6.07. The van der Waals surface area contributed by atoms with Gasteiger partial charge in [0.1, 0.15) is 22.7 Å². The fourth-order valence-electron chi connectivity index (χ4n) is 2.77. The molecule has 0 saturated carbocycles. The van der Waals surface area contributed by atoms with Gasteiger partial charge in [0.15, 0.2) is 0 Å². The smallest absolute Gasteiger partial charge is 0.251 e. The minimum atomic E-state index is -0.274. The highest BCUT2D eigenvalue weighted by molar-refractivity contribution is 6.33. The largest absolute Gasteiger partial charge is 0.492 e. The average Bonchev–Trinajstić information content (AvgIpc) is 2.67. The lowest BCUT2D eigenvalue weighted by atomic mass is 10.2. The highest BCUT2D eigenvalue weighted by atomic mass is 35.5. The summed E-state index contributed by atoms with van der Waals surface area (Å²) < 4.78 is 11.3. The Balaban J connectivity index is 1.54. The van der Waals surface area contributed by atoms with Crippen LogP contribution in [0.1, 0.15) is 15.9 Å². The number of nitrogens with zero attached hydrogens (tertiary/aromatic N) is 2. The van der Waals surface area contributed by atoms with Gasteiger partial charge in [0, 0.05) is 37.3 Å². The molecule has 1 N–H and O–H groups in total. The fraction of sp³-hybridized carbons (Fsp3) is 0.368. The zero-order valence-electron chi connectivity index (χ0n) is 14.8. The SMILES string of the molecule is O=C(NCc1ccccc1OCCN1CCOCC1)c1cc(Cl)nc(Cl)c1. The monoisotopic (exact) mass is 409 g/mol. The Labute approximate surface area is 168 Å². The van der Waals surface area contributed by atoms with E-state index >= 15 is 0 Å². The molecule has 0 aliphatic carbocycles. The van der Waals surface area contributed by atoms with Gasteiger partial charge in [0.05, 0.1) is 13.2 Å². The highest BCUT2D eigenvalue weighted by Crippen LogP contribution is 2.19. The molecule has 1 saturated heterocycles. The first-order valence-corrected chi connectivity index (χ1v) is 9.49. The molecule has 3 rings (SSSR count). The van der Waals surface area contributed by atoms with E-state index in [0.29, 0.717) is 18.7 Å². The Morgan fingerprint density at radius 3 is 2.63 bits per heavy atom. The molecule has 1 aliphatic heterocycles. The van der Waals surface area contributed by atoms with Crippen molar-refractivity contribution in [3.05, 3.63) is 57.8 Å². The number of para-hydroxylation sites is 1. The number of rotatable bonds is 7. The lowest BCUT2D eigenvalue weighted by Gasteiger charge is -2.26. The molecule has 0 bridgehead atoms. The molecule has 8 heteroatoms. The van der Waals surface area contributed by atoms with E-state index < -0.39 is 0 Å². The van der Waals surface area contributed by atoms with Crippen LogP contribution in [0.25, 0.3) is 0 Å². The molecule has 2 aromatic rings. The molecule has 1 fully saturated rings. The van der Waals surface area contributed by atoms with Crippen LogP contribution in [-0.4, -0.2) is 55.2 Å². The second-order valence-corrected chi connectivity index (χ2v) is 6.87. The molecule has 1 aromatic heterocycles. The van der Waals surface area contributed by atoms with Crippen LogP contribution in [-0.2, 0) is 11.3 Å². The quantitative estimate of drug-likeness (QED) is 0.711. The summed E-state index contributed by atoms with van der Waals surface area (Å²) in [5.41, 5.74) is 1.27. The zero-order chi connectivity index (χ0) is 19.1. The third-order valence-corrected chi connectivity index (χ3v) is 4.59. The molecular weight excluding hydrogens is 389 g/mol. The third-order valence-electron chi connectivity index (χ3n) is 4.21. The summed E-state index contributed by atoms with van der Waals surface area (Å²) in [7, 11) is 0. The van der Waals surface area contributed by atoms with Crippen molar-refractivity contribution in [3.63, 3.8) is 0 Å². The van der Waals surface area contributed by atoms with Crippen LogP contribution in [0.2, 0.25) is 10.3 Å². The minimum Gasteiger partial charge on any atom is -0.492 e. The van der Waals surface area contributed by atoms with Crippen molar-refractivity contribution in [1.82, 2.24) is 15.2 Å². The van der Waals surface area contributed by atoms with Crippen LogP contribution < -0.4 is 10.1 Å². The summed E-state index contributed by atoms with van der Waals surface area (Å²) in [6.07, 6.45) is 0. The van der Waals surface area contributed by atoms with Crippen molar-refractivity contribution in [2.45, 2.75) is 6.54 Å². The summed E-state index contributed by atoms with van der Waals surface area (Å²) in [6, 6.07) is 10.6. The van der Waals surface area contributed by atoms with E-state index in [1.54, 1.807) is 0 Å². The molecular formula is C19H21Cl2N3O3. The number of halogens is 2. The number of carbonyl (C=O) groups excluding carboxylic acids is 1. The number of hydrogen-bond acceptors (Lipinski definition) is 5. The van der Waals surface area contributed by atoms with Crippen LogP contribution >= 0.6 is 23.2 Å². The maximum atomic E-state index is 12.3. The van der Waals surface area contributed by atoms with Crippen molar-refractivity contribution in [2.24, 2.45) is 0 Å². The number of pyridine rings is 1. The molecule has 1 aliphatic rings. The van der Waals surface area contributed by atoms with E-state index in [2.05, 4.69) is 15.2 Å². The summed E-state index contributed by atoms with van der Waals surface area (Å²) in [5.74, 6) is 0.487. The van der Waals surface area contributed by atoms with Crippen molar-refractivity contribution < 1.29 is 14.3 Å². The van der Waals surface area contributed by atoms with Crippen LogP contribution in [0.15, 0.2) is 36.4 Å². The molecule has 0 spiro atoms. The van der Waals surface area contributed by atoms with E-state index in [1.165, 1.54) is 12.1 Å². The second kappa shape index (κ2) is 9.90. The van der Waals surface area contributed by atoms with Gasteiger partial charge in [-0.2, -0.15) is 0 Å². The van der Waals surface area contributed by atoms with Crippen LogP contribution in [0.5, 0.6) is 5.75 Å². The number of carbonyl (C=O) groups is 1. The first-order valence-electron chi connectivity index (χ1n) is 8.74. The lowest BCUT2D eigenvalue weighted by molar-refractivity contribution is 0.0322. The maximum Gasteiger partial charge on any atom is 0.251 e. The van der Waals surface area contributed by atoms with Crippen LogP contribution in [0.4, 0.5) is 0 Å². The summed E-state index contributed by atoms with van der Waals surface area (Å²) in [6.45, 7) is 5.16. The van der Waals surface area contributed by atoms with Gasteiger partial charge in [-0.05, 0) is 18.2 Å². The molecule has 0 atom stereocenters. The second-order valence-electron chi connectivity index (χ2n) is 6.09. The van der Waals surface area contributed by atoms with Gasteiger partial charge in [-0.1, -0.05) is 41.4 Å². The molecule has 2 heterocycles. The van der Waals surface area contributed by atoms with Crippen LogP contribution in [0, 0.1) is 0 Å². The number of benzene rings is 1. The van der Waals surface area contributed by atoms with Gasteiger partial charge in [-0.15, -0.1) is 0 Å². The molecule has 0 radical (unpaired) electrons. The molecule has 0 unspecified atom stereocenters. The standard InChI is InChI=1S/C19H21Cl2N3O3/c20-17-11-15(12-18(21)23-17)19(25)22-13-14-3-1-2-4-16(14)27-10-7-24-5-8-26-9-6-24/h1-4,11-12H,5-10,13H2,(H,22,25). The lowest BCUT2D eigenvalue weighted by Crippen LogP contribution is -2.38. The first-order chi connectivity index (χ1) is 13.1. The normalized spacial score (nSPS) is 14.7. The summed E-state index contributed by atoms with van der Waals surface area (Å²) in [5, 5.41) is 3.22. The highest BCUT2D eigenvalue weighted by Gasteiger charge is 2.12. The number of aromatic nitrogens is 1. The summed E-state index contributed by atoms with van der Waals surface area (Å²) >= 11 is 11.7.